The van der Waals surface area contributed by atoms with Crippen molar-refractivity contribution in [1.29, 1.82) is 0 Å². The predicted molar refractivity (Wildman–Crippen MR) is 90.0 cm³/mol. The number of guanidine groups is 1. The van der Waals surface area contributed by atoms with Crippen molar-refractivity contribution in [3.63, 3.8) is 0 Å². The van der Waals surface area contributed by atoms with E-state index < -0.39 is 0 Å². The molecule has 0 aromatic carbocycles. The Bertz CT molecular complexity index is 318. The van der Waals surface area contributed by atoms with Gasteiger partial charge in [-0.3, -0.25) is 9.79 Å². The first-order chi connectivity index (χ1) is 8.53. The Labute approximate surface area is 133 Å². The second-order valence-electron chi connectivity index (χ2n) is 4.93. The van der Waals surface area contributed by atoms with E-state index in [4.69, 9.17) is 0 Å². The lowest BCUT2D eigenvalue weighted by molar-refractivity contribution is -0.131. The molecule has 0 aromatic heterocycles. The minimum absolute atomic E-state index is 0. The highest BCUT2D eigenvalue weighted by atomic mass is 127. The topological polar surface area (TPSA) is 47.9 Å². The van der Waals surface area contributed by atoms with Gasteiger partial charge in [0, 0.05) is 33.2 Å². The summed E-state index contributed by atoms with van der Waals surface area (Å²) in [4.78, 5) is 20.0. The maximum atomic E-state index is 12.0. The molecule has 1 aliphatic rings. The molecule has 19 heavy (non-hydrogen) atoms. The van der Waals surface area contributed by atoms with Crippen molar-refractivity contribution in [2.75, 3.05) is 33.7 Å². The molecule has 0 aliphatic heterocycles. The maximum absolute atomic E-state index is 12.0. The molecule has 2 unspecified atom stereocenters. The molecule has 2 atom stereocenters. The molecule has 0 spiro atoms. The van der Waals surface area contributed by atoms with Crippen LogP contribution in [0, 0.1) is 5.92 Å². The molecule has 5 nitrogen and oxygen atoms in total. The lowest BCUT2D eigenvalue weighted by atomic mass is 10.4. The zero-order valence-electron chi connectivity index (χ0n) is 12.6. The van der Waals surface area contributed by atoms with Gasteiger partial charge < -0.3 is 15.1 Å². The molecule has 0 aromatic rings. The number of nitrogens with zero attached hydrogens (tertiary/aromatic N) is 3. The average molecular weight is 382 g/mol. The second kappa shape index (κ2) is 8.60. The molecule has 1 saturated carbocycles. The molecule has 6 heteroatoms. The summed E-state index contributed by atoms with van der Waals surface area (Å²) in [7, 11) is 3.66. The van der Waals surface area contributed by atoms with E-state index in [2.05, 4.69) is 17.2 Å². The van der Waals surface area contributed by atoms with Crippen LogP contribution in [-0.2, 0) is 4.79 Å². The lowest BCUT2D eigenvalue weighted by Gasteiger charge is -2.25. The summed E-state index contributed by atoms with van der Waals surface area (Å²) in [6.07, 6.45) is 1.19. The van der Waals surface area contributed by atoms with Crippen LogP contribution in [0.25, 0.3) is 0 Å². The van der Waals surface area contributed by atoms with Gasteiger partial charge >= 0.3 is 0 Å². The summed E-state index contributed by atoms with van der Waals surface area (Å²) in [5, 5.41) is 3.38. The summed E-state index contributed by atoms with van der Waals surface area (Å²) >= 11 is 0. The van der Waals surface area contributed by atoms with Crippen LogP contribution in [0.3, 0.4) is 0 Å². The zero-order valence-corrected chi connectivity index (χ0v) is 15.0. The fraction of sp³-hybridized carbons (Fsp3) is 0.846. The molecule has 1 rings (SSSR count). The predicted octanol–water partition coefficient (Wildman–Crippen LogP) is 1.39. The quantitative estimate of drug-likeness (QED) is 0.444. The van der Waals surface area contributed by atoms with Crippen molar-refractivity contribution in [3.05, 3.63) is 0 Å². The number of carbonyl (C=O) groups excluding carboxylic acids is 1. The number of hydrogen-bond acceptors (Lipinski definition) is 2. The summed E-state index contributed by atoms with van der Waals surface area (Å²) in [5.74, 6) is 1.67. The van der Waals surface area contributed by atoms with E-state index >= 15 is 0 Å². The van der Waals surface area contributed by atoms with Crippen LogP contribution in [-0.4, -0.2) is 61.4 Å². The largest absolute Gasteiger partial charge is 0.353 e. The number of amides is 1. The van der Waals surface area contributed by atoms with Crippen LogP contribution in [0.1, 0.15) is 27.2 Å². The number of halogens is 1. The van der Waals surface area contributed by atoms with E-state index in [1.54, 1.807) is 7.05 Å². The minimum Gasteiger partial charge on any atom is -0.353 e. The number of aliphatic imine (C=N–C) groups is 1. The van der Waals surface area contributed by atoms with Crippen molar-refractivity contribution in [2.45, 2.75) is 33.2 Å². The van der Waals surface area contributed by atoms with Gasteiger partial charge in [0.2, 0.25) is 5.91 Å². The first-order valence-corrected chi connectivity index (χ1v) is 6.75. The molecular formula is C13H27IN4O. The average Bonchev–Trinajstić information content (AvgIpc) is 3.03. The molecule has 0 saturated heterocycles. The number of hydrogen-bond donors (Lipinski definition) is 1. The van der Waals surface area contributed by atoms with Gasteiger partial charge in [0.1, 0.15) is 0 Å². The smallest absolute Gasteiger partial charge is 0.242 e. The monoisotopic (exact) mass is 382 g/mol. The molecule has 1 N–H and O–H groups in total. The number of likely N-dealkylation sites (N-methyl/N-ethyl adjacent to an activating group) is 2. The van der Waals surface area contributed by atoms with Crippen molar-refractivity contribution >= 4 is 35.8 Å². The van der Waals surface area contributed by atoms with Gasteiger partial charge in [0.15, 0.2) is 5.96 Å². The van der Waals surface area contributed by atoms with Crippen molar-refractivity contribution in [2.24, 2.45) is 10.9 Å². The second-order valence-corrected chi connectivity index (χ2v) is 4.93. The van der Waals surface area contributed by atoms with Crippen LogP contribution in [0.2, 0.25) is 0 Å². The van der Waals surface area contributed by atoms with E-state index in [9.17, 15) is 4.79 Å². The van der Waals surface area contributed by atoms with Gasteiger partial charge in [-0.2, -0.15) is 0 Å². The lowest BCUT2D eigenvalue weighted by Crippen LogP contribution is -2.46. The van der Waals surface area contributed by atoms with E-state index in [0.717, 1.165) is 19.0 Å². The normalized spacial score (nSPS) is 21.4. The number of nitrogens with one attached hydrogen (secondary N) is 1. The van der Waals surface area contributed by atoms with Gasteiger partial charge in [0.25, 0.3) is 0 Å². The Morgan fingerprint density at radius 2 is 1.89 bits per heavy atom. The standard InChI is InChI=1S/C13H26N4O.HI/c1-6-17(7-2)12(18)9-16(5)13(14-4)15-11-8-10(11)3;/h10-11H,6-9H2,1-5H3,(H,14,15);1H. The summed E-state index contributed by atoms with van der Waals surface area (Å²) in [6, 6.07) is 0.523. The van der Waals surface area contributed by atoms with Gasteiger partial charge in [-0.25, -0.2) is 0 Å². The highest BCUT2D eigenvalue weighted by molar-refractivity contribution is 14.0. The highest BCUT2D eigenvalue weighted by Crippen LogP contribution is 2.28. The minimum atomic E-state index is 0. The third-order valence-electron chi connectivity index (χ3n) is 3.49. The van der Waals surface area contributed by atoms with E-state index in [1.165, 1.54) is 6.42 Å². The molecule has 0 heterocycles. The summed E-state index contributed by atoms with van der Waals surface area (Å²) in [6.45, 7) is 8.11. The Hall–Kier alpha value is -0.530. The van der Waals surface area contributed by atoms with Crippen LogP contribution in [0.15, 0.2) is 4.99 Å². The van der Waals surface area contributed by atoms with Crippen molar-refractivity contribution < 1.29 is 4.79 Å². The third-order valence-corrected chi connectivity index (χ3v) is 3.49. The van der Waals surface area contributed by atoms with E-state index in [1.807, 2.05) is 30.7 Å². The van der Waals surface area contributed by atoms with Crippen LogP contribution < -0.4 is 5.32 Å². The molecule has 0 bridgehead atoms. The van der Waals surface area contributed by atoms with Crippen LogP contribution in [0.4, 0.5) is 0 Å². The maximum Gasteiger partial charge on any atom is 0.242 e. The Morgan fingerprint density at radius 1 is 1.37 bits per heavy atom. The van der Waals surface area contributed by atoms with E-state index in [-0.39, 0.29) is 29.9 Å². The van der Waals surface area contributed by atoms with Gasteiger partial charge in [-0.1, -0.05) is 6.92 Å². The Morgan fingerprint density at radius 3 is 2.26 bits per heavy atom. The fourth-order valence-corrected chi connectivity index (χ4v) is 1.99. The molecule has 1 fully saturated rings. The number of rotatable bonds is 5. The Kier molecular flexibility index (Phi) is 8.36. The van der Waals surface area contributed by atoms with Crippen LogP contribution in [0.5, 0.6) is 0 Å². The van der Waals surface area contributed by atoms with Crippen LogP contribution >= 0.6 is 24.0 Å². The van der Waals surface area contributed by atoms with Gasteiger partial charge in [-0.05, 0) is 26.2 Å². The zero-order chi connectivity index (χ0) is 13.7. The third kappa shape index (κ3) is 5.54. The van der Waals surface area contributed by atoms with E-state index in [0.29, 0.717) is 18.5 Å². The van der Waals surface area contributed by atoms with Crippen molar-refractivity contribution in [3.8, 4) is 0 Å². The Balaban J connectivity index is 0.00000324. The van der Waals surface area contributed by atoms with Crippen molar-refractivity contribution in [1.82, 2.24) is 15.1 Å². The fourth-order valence-electron chi connectivity index (χ4n) is 1.99. The summed E-state index contributed by atoms with van der Waals surface area (Å²) < 4.78 is 0. The summed E-state index contributed by atoms with van der Waals surface area (Å²) in [5.41, 5.74) is 0. The first kappa shape index (κ1) is 18.5. The first-order valence-electron chi connectivity index (χ1n) is 6.75. The molecule has 0 radical (unpaired) electrons. The van der Waals surface area contributed by atoms with Gasteiger partial charge in [-0.15, -0.1) is 24.0 Å². The SMILES string of the molecule is CCN(CC)C(=O)CN(C)C(=NC)NC1CC1C.I. The molecule has 112 valence electrons. The number of carbonyl (C=O) groups is 1. The molecular weight excluding hydrogens is 355 g/mol. The molecule has 1 aliphatic carbocycles. The van der Waals surface area contributed by atoms with Gasteiger partial charge in [0.05, 0.1) is 6.54 Å². The highest BCUT2D eigenvalue weighted by Gasteiger charge is 2.34. The molecule has 1 amide bonds.